The Hall–Kier alpha value is -1.81. The third kappa shape index (κ3) is 3.74. The zero-order valence-corrected chi connectivity index (χ0v) is 9.02. The Balaban J connectivity index is 2.57. The van der Waals surface area contributed by atoms with Gasteiger partial charge in [0.15, 0.2) is 0 Å². The van der Waals surface area contributed by atoms with Gasteiger partial charge in [0.2, 0.25) is 0 Å². The maximum atomic E-state index is 10.6. The van der Waals surface area contributed by atoms with Gasteiger partial charge < -0.3 is 16.2 Å². The van der Waals surface area contributed by atoms with Crippen LogP contribution in [-0.2, 0) is 11.2 Å². The molecule has 0 saturated carbocycles. The number of rotatable bonds is 6. The van der Waals surface area contributed by atoms with Crippen molar-refractivity contribution in [2.45, 2.75) is 12.5 Å². The van der Waals surface area contributed by atoms with E-state index >= 15 is 0 Å². The molecule has 0 aliphatic carbocycles. The Morgan fingerprint density at radius 2 is 2.12 bits per heavy atom. The topological polar surface area (TPSA) is 75.3 Å². The second kappa shape index (κ2) is 5.92. The zero-order chi connectivity index (χ0) is 12.0. The van der Waals surface area contributed by atoms with Gasteiger partial charge in [-0.1, -0.05) is 18.2 Å². The Kier molecular flexibility index (Phi) is 4.54. The first kappa shape index (κ1) is 12.3. The fourth-order valence-corrected chi connectivity index (χ4v) is 1.29. The molecular formula is C12H16N2O2. The number of aliphatic carboxylic acids is 1. The Morgan fingerprint density at radius 1 is 1.50 bits per heavy atom. The van der Waals surface area contributed by atoms with Crippen LogP contribution in [-0.4, -0.2) is 23.7 Å². The van der Waals surface area contributed by atoms with Crippen molar-refractivity contribution in [3.63, 3.8) is 0 Å². The van der Waals surface area contributed by atoms with Crippen molar-refractivity contribution >= 4 is 11.7 Å². The molecule has 0 bridgehead atoms. The molecule has 4 heteroatoms. The highest BCUT2D eigenvalue weighted by Crippen LogP contribution is 2.10. The summed E-state index contributed by atoms with van der Waals surface area (Å²) >= 11 is 0. The largest absolute Gasteiger partial charge is 0.480 e. The molecule has 0 spiro atoms. The predicted octanol–water partition coefficient (Wildman–Crippen LogP) is 1.24. The number of carbonyl (C=O) groups is 1. The van der Waals surface area contributed by atoms with E-state index in [1.807, 2.05) is 24.3 Å². The first-order valence-electron chi connectivity index (χ1n) is 5.05. The minimum Gasteiger partial charge on any atom is -0.480 e. The molecule has 1 rings (SSSR count). The maximum Gasteiger partial charge on any atom is 0.320 e. The summed E-state index contributed by atoms with van der Waals surface area (Å²) in [4.78, 5) is 10.6. The van der Waals surface area contributed by atoms with Gasteiger partial charge in [-0.15, -0.1) is 6.58 Å². The van der Waals surface area contributed by atoms with Gasteiger partial charge in [-0.25, -0.2) is 0 Å². The molecule has 0 amide bonds. The highest BCUT2D eigenvalue weighted by Gasteiger charge is 2.11. The van der Waals surface area contributed by atoms with Crippen LogP contribution in [0.15, 0.2) is 36.9 Å². The number of hydrogen-bond donors (Lipinski definition) is 3. The number of carboxylic acid groups (broad SMARTS) is 1. The summed E-state index contributed by atoms with van der Waals surface area (Å²) < 4.78 is 0. The van der Waals surface area contributed by atoms with Crippen molar-refractivity contribution in [1.82, 2.24) is 0 Å². The molecule has 4 N–H and O–H groups in total. The highest BCUT2D eigenvalue weighted by molar-refractivity contribution is 5.73. The van der Waals surface area contributed by atoms with Gasteiger partial charge in [-0.2, -0.15) is 0 Å². The minimum atomic E-state index is -0.978. The summed E-state index contributed by atoms with van der Waals surface area (Å²) in [6.45, 7) is 4.31. The first-order valence-corrected chi connectivity index (χ1v) is 5.05. The van der Waals surface area contributed by atoms with E-state index in [0.717, 1.165) is 11.3 Å². The van der Waals surface area contributed by atoms with E-state index in [0.29, 0.717) is 13.0 Å². The van der Waals surface area contributed by atoms with E-state index in [9.17, 15) is 4.79 Å². The summed E-state index contributed by atoms with van der Waals surface area (Å²) in [6.07, 6.45) is 2.12. The molecule has 0 unspecified atom stereocenters. The summed E-state index contributed by atoms with van der Waals surface area (Å²) in [5.41, 5.74) is 7.33. The van der Waals surface area contributed by atoms with Crippen molar-refractivity contribution in [3.8, 4) is 0 Å². The molecule has 0 heterocycles. The van der Waals surface area contributed by atoms with E-state index in [-0.39, 0.29) is 0 Å². The van der Waals surface area contributed by atoms with Crippen molar-refractivity contribution in [3.05, 3.63) is 42.5 Å². The van der Waals surface area contributed by atoms with E-state index in [2.05, 4.69) is 11.9 Å². The second-order valence-corrected chi connectivity index (χ2v) is 3.52. The molecule has 1 aromatic rings. The number of nitrogens with one attached hydrogen (secondary N) is 1. The lowest BCUT2D eigenvalue weighted by Crippen LogP contribution is -2.32. The summed E-state index contributed by atoms with van der Waals surface area (Å²) in [7, 11) is 0. The zero-order valence-electron chi connectivity index (χ0n) is 9.02. The van der Waals surface area contributed by atoms with Gasteiger partial charge in [-0.05, 0) is 24.1 Å². The van der Waals surface area contributed by atoms with Crippen LogP contribution in [0, 0.1) is 0 Å². The van der Waals surface area contributed by atoms with E-state index in [1.165, 1.54) is 0 Å². The monoisotopic (exact) mass is 220 g/mol. The smallest absolute Gasteiger partial charge is 0.320 e. The predicted molar refractivity (Wildman–Crippen MR) is 64.4 cm³/mol. The van der Waals surface area contributed by atoms with Crippen LogP contribution in [0.4, 0.5) is 5.69 Å². The number of anilines is 1. The third-order valence-corrected chi connectivity index (χ3v) is 2.18. The number of carboxylic acids is 1. The standard InChI is InChI=1S/C12H16N2O2/c1-2-7-14-10-5-3-9(4-6-10)8-11(13)12(15)16/h2-6,11,14H,1,7-8,13H2,(H,15,16)/t11-/m0/s1. The van der Waals surface area contributed by atoms with Gasteiger partial charge in [0, 0.05) is 12.2 Å². The van der Waals surface area contributed by atoms with Crippen LogP contribution in [0.2, 0.25) is 0 Å². The summed E-state index contributed by atoms with van der Waals surface area (Å²) in [6, 6.07) is 6.69. The van der Waals surface area contributed by atoms with Gasteiger partial charge in [0.1, 0.15) is 6.04 Å². The van der Waals surface area contributed by atoms with Crippen LogP contribution in [0.5, 0.6) is 0 Å². The first-order chi connectivity index (χ1) is 7.63. The van der Waals surface area contributed by atoms with Crippen molar-refractivity contribution < 1.29 is 9.90 Å². The molecule has 16 heavy (non-hydrogen) atoms. The highest BCUT2D eigenvalue weighted by atomic mass is 16.4. The van der Waals surface area contributed by atoms with Gasteiger partial charge in [0.05, 0.1) is 0 Å². The lowest BCUT2D eigenvalue weighted by Gasteiger charge is -2.08. The van der Waals surface area contributed by atoms with Gasteiger partial charge in [0.25, 0.3) is 0 Å². The SMILES string of the molecule is C=CCNc1ccc(C[C@H](N)C(=O)O)cc1. The van der Waals surface area contributed by atoms with Gasteiger partial charge in [-0.3, -0.25) is 4.79 Å². The van der Waals surface area contributed by atoms with E-state index in [1.54, 1.807) is 6.08 Å². The summed E-state index contributed by atoms with van der Waals surface area (Å²) in [5, 5.41) is 11.8. The Labute approximate surface area is 94.8 Å². The number of nitrogens with two attached hydrogens (primary N) is 1. The van der Waals surface area contributed by atoms with Crippen LogP contribution >= 0.6 is 0 Å². The van der Waals surface area contributed by atoms with Crippen LogP contribution in [0.3, 0.4) is 0 Å². The number of hydrogen-bond acceptors (Lipinski definition) is 3. The Morgan fingerprint density at radius 3 is 2.62 bits per heavy atom. The molecule has 4 nitrogen and oxygen atoms in total. The van der Waals surface area contributed by atoms with E-state index < -0.39 is 12.0 Å². The van der Waals surface area contributed by atoms with Crippen LogP contribution < -0.4 is 11.1 Å². The average molecular weight is 220 g/mol. The van der Waals surface area contributed by atoms with Crippen molar-refractivity contribution in [2.24, 2.45) is 5.73 Å². The lowest BCUT2D eigenvalue weighted by molar-refractivity contribution is -0.138. The molecule has 0 aliphatic rings. The quantitative estimate of drug-likeness (QED) is 0.630. The normalized spacial score (nSPS) is 11.8. The average Bonchev–Trinajstić information content (AvgIpc) is 2.28. The van der Waals surface area contributed by atoms with Crippen molar-refractivity contribution in [2.75, 3.05) is 11.9 Å². The third-order valence-electron chi connectivity index (χ3n) is 2.18. The molecule has 0 saturated heterocycles. The maximum absolute atomic E-state index is 10.6. The fourth-order valence-electron chi connectivity index (χ4n) is 1.29. The molecule has 1 aromatic carbocycles. The number of benzene rings is 1. The van der Waals surface area contributed by atoms with Crippen molar-refractivity contribution in [1.29, 1.82) is 0 Å². The summed E-state index contributed by atoms with van der Waals surface area (Å²) in [5.74, 6) is -0.978. The molecule has 0 fully saturated rings. The molecule has 1 atom stereocenters. The lowest BCUT2D eigenvalue weighted by atomic mass is 10.1. The van der Waals surface area contributed by atoms with E-state index in [4.69, 9.17) is 10.8 Å². The fraction of sp³-hybridized carbons (Fsp3) is 0.250. The molecule has 86 valence electrons. The molecule has 0 aliphatic heterocycles. The molecule has 0 radical (unpaired) electrons. The molecule has 0 aromatic heterocycles. The van der Waals surface area contributed by atoms with Crippen LogP contribution in [0.1, 0.15) is 5.56 Å². The minimum absolute atomic E-state index is 0.344. The van der Waals surface area contributed by atoms with Crippen LogP contribution in [0.25, 0.3) is 0 Å². The second-order valence-electron chi connectivity index (χ2n) is 3.52. The van der Waals surface area contributed by atoms with Gasteiger partial charge >= 0.3 is 5.97 Å². The molecular weight excluding hydrogens is 204 g/mol. The Bertz CT molecular complexity index is 360.